The number of aryl methyl sites for hydroxylation is 1. The SMILES string of the molecule is CC(C)c1ccc(S(=O)(=O)N2CCN(C(=O)CCc3ccc(S(=O)(=O)N4CCOCC4)cc3)CC2)cc1. The van der Waals surface area contributed by atoms with Crippen LogP contribution in [0, 0.1) is 0 Å². The minimum atomic E-state index is -3.60. The van der Waals surface area contributed by atoms with Crippen molar-refractivity contribution >= 4 is 26.0 Å². The van der Waals surface area contributed by atoms with Gasteiger partial charge in [-0.05, 0) is 47.7 Å². The lowest BCUT2D eigenvalue weighted by Gasteiger charge is -2.34. The highest BCUT2D eigenvalue weighted by Crippen LogP contribution is 2.22. The van der Waals surface area contributed by atoms with Gasteiger partial charge >= 0.3 is 0 Å². The van der Waals surface area contributed by atoms with Crippen LogP contribution in [0.3, 0.4) is 0 Å². The van der Waals surface area contributed by atoms with E-state index in [2.05, 4.69) is 13.8 Å². The molecule has 0 radical (unpaired) electrons. The summed E-state index contributed by atoms with van der Waals surface area (Å²) < 4.78 is 59.7. The summed E-state index contributed by atoms with van der Waals surface area (Å²) in [6, 6.07) is 13.7. The molecule has 2 aliphatic heterocycles. The number of amides is 1. The number of carbonyl (C=O) groups is 1. The summed E-state index contributed by atoms with van der Waals surface area (Å²) in [5.74, 6) is 0.288. The van der Waals surface area contributed by atoms with E-state index >= 15 is 0 Å². The van der Waals surface area contributed by atoms with Gasteiger partial charge in [-0.25, -0.2) is 16.8 Å². The van der Waals surface area contributed by atoms with Gasteiger partial charge in [0, 0.05) is 45.7 Å². The maximum Gasteiger partial charge on any atom is 0.243 e. The van der Waals surface area contributed by atoms with E-state index in [-0.39, 0.29) is 35.2 Å². The second kappa shape index (κ2) is 11.6. The minimum Gasteiger partial charge on any atom is -0.379 e. The zero-order valence-corrected chi connectivity index (χ0v) is 23.0. The highest BCUT2D eigenvalue weighted by atomic mass is 32.2. The van der Waals surface area contributed by atoms with Gasteiger partial charge in [-0.3, -0.25) is 4.79 Å². The molecule has 202 valence electrons. The lowest BCUT2D eigenvalue weighted by atomic mass is 10.0. The second-order valence-corrected chi connectivity index (χ2v) is 13.5. The van der Waals surface area contributed by atoms with Crippen molar-refractivity contribution in [1.82, 2.24) is 13.5 Å². The Bertz CT molecular complexity index is 1280. The van der Waals surface area contributed by atoms with Crippen LogP contribution in [0.1, 0.15) is 37.3 Å². The zero-order chi connectivity index (χ0) is 26.6. The van der Waals surface area contributed by atoms with E-state index in [4.69, 9.17) is 4.74 Å². The molecule has 4 rings (SSSR count). The van der Waals surface area contributed by atoms with E-state index < -0.39 is 20.0 Å². The van der Waals surface area contributed by atoms with Crippen LogP contribution in [-0.2, 0) is 36.0 Å². The molecule has 2 aromatic carbocycles. The van der Waals surface area contributed by atoms with Crippen molar-refractivity contribution in [2.75, 3.05) is 52.5 Å². The average molecular weight is 550 g/mol. The fourth-order valence-electron chi connectivity index (χ4n) is 4.53. The molecule has 2 heterocycles. The number of hydrogen-bond donors (Lipinski definition) is 0. The Labute approximate surface area is 220 Å². The predicted octanol–water partition coefficient (Wildman–Crippen LogP) is 2.30. The standard InChI is InChI=1S/C26H35N3O6S2/c1-21(2)23-6-10-25(11-7-23)36(31,32)28-15-13-27(14-16-28)26(30)12-5-22-3-8-24(9-4-22)37(33,34)29-17-19-35-20-18-29/h3-4,6-11,21H,5,12-20H2,1-2H3. The van der Waals surface area contributed by atoms with Crippen molar-refractivity contribution in [3.8, 4) is 0 Å². The van der Waals surface area contributed by atoms with E-state index in [1.165, 1.54) is 8.61 Å². The fraction of sp³-hybridized carbons (Fsp3) is 0.500. The van der Waals surface area contributed by atoms with Gasteiger partial charge in [0.15, 0.2) is 0 Å². The Morgan fingerprint density at radius 1 is 0.757 bits per heavy atom. The zero-order valence-electron chi connectivity index (χ0n) is 21.4. The third-order valence-electron chi connectivity index (χ3n) is 6.93. The van der Waals surface area contributed by atoms with Gasteiger partial charge in [0.25, 0.3) is 0 Å². The van der Waals surface area contributed by atoms with Crippen LogP contribution in [0.25, 0.3) is 0 Å². The number of hydrogen-bond acceptors (Lipinski definition) is 6. The Kier molecular flexibility index (Phi) is 8.70. The molecule has 0 spiro atoms. The Morgan fingerprint density at radius 3 is 1.76 bits per heavy atom. The lowest BCUT2D eigenvalue weighted by molar-refractivity contribution is -0.132. The van der Waals surface area contributed by atoms with Crippen LogP contribution in [0.15, 0.2) is 58.3 Å². The molecule has 0 bridgehead atoms. The van der Waals surface area contributed by atoms with Gasteiger partial charge < -0.3 is 9.64 Å². The van der Waals surface area contributed by atoms with E-state index in [0.717, 1.165) is 11.1 Å². The van der Waals surface area contributed by atoms with Crippen molar-refractivity contribution in [1.29, 1.82) is 0 Å². The molecule has 0 saturated carbocycles. The molecule has 2 fully saturated rings. The second-order valence-electron chi connectivity index (χ2n) is 9.67. The first-order valence-electron chi connectivity index (χ1n) is 12.6. The molecule has 2 aliphatic rings. The van der Waals surface area contributed by atoms with Gasteiger partial charge in [0.05, 0.1) is 23.0 Å². The summed E-state index contributed by atoms with van der Waals surface area (Å²) in [7, 11) is -7.14. The smallest absolute Gasteiger partial charge is 0.243 e. The molecular formula is C26H35N3O6S2. The van der Waals surface area contributed by atoms with E-state index in [0.29, 0.717) is 51.7 Å². The predicted molar refractivity (Wildman–Crippen MR) is 140 cm³/mol. The molecule has 11 heteroatoms. The number of morpholine rings is 1. The molecule has 1 amide bonds. The highest BCUT2D eigenvalue weighted by molar-refractivity contribution is 7.89. The quantitative estimate of drug-likeness (QED) is 0.501. The first kappa shape index (κ1) is 27.7. The first-order chi connectivity index (χ1) is 17.6. The van der Waals surface area contributed by atoms with Crippen molar-refractivity contribution in [3.05, 3.63) is 59.7 Å². The molecule has 0 N–H and O–H groups in total. The highest BCUT2D eigenvalue weighted by Gasteiger charge is 2.30. The molecule has 0 atom stereocenters. The van der Waals surface area contributed by atoms with Crippen LogP contribution in [-0.4, -0.2) is 88.7 Å². The molecule has 0 unspecified atom stereocenters. The molecule has 0 aliphatic carbocycles. The maximum atomic E-state index is 13.0. The van der Waals surface area contributed by atoms with Gasteiger partial charge in [0.1, 0.15) is 0 Å². The van der Waals surface area contributed by atoms with Crippen molar-refractivity contribution in [2.24, 2.45) is 0 Å². The molecule has 2 aromatic rings. The number of sulfonamides is 2. The van der Waals surface area contributed by atoms with Gasteiger partial charge in [-0.1, -0.05) is 38.1 Å². The average Bonchev–Trinajstić information content (AvgIpc) is 2.92. The molecule has 0 aromatic heterocycles. The number of ether oxygens (including phenoxy) is 1. The molecule has 37 heavy (non-hydrogen) atoms. The fourth-order valence-corrected chi connectivity index (χ4v) is 7.36. The summed E-state index contributed by atoms with van der Waals surface area (Å²) in [4.78, 5) is 15.0. The normalized spacial score (nSPS) is 18.3. The minimum absolute atomic E-state index is 0.0386. The largest absolute Gasteiger partial charge is 0.379 e. The molecule has 9 nitrogen and oxygen atoms in total. The third-order valence-corrected chi connectivity index (χ3v) is 10.8. The summed E-state index contributed by atoms with van der Waals surface area (Å²) in [5.41, 5.74) is 1.96. The van der Waals surface area contributed by atoms with Crippen molar-refractivity contribution in [3.63, 3.8) is 0 Å². The number of rotatable bonds is 8. The summed E-state index contributed by atoms with van der Waals surface area (Å²) in [5, 5.41) is 0. The summed E-state index contributed by atoms with van der Waals surface area (Å²) in [6.45, 7) is 6.81. The van der Waals surface area contributed by atoms with Gasteiger partial charge in [-0.2, -0.15) is 8.61 Å². The van der Waals surface area contributed by atoms with E-state index in [9.17, 15) is 21.6 Å². The Morgan fingerprint density at radius 2 is 1.24 bits per heavy atom. The summed E-state index contributed by atoms with van der Waals surface area (Å²) >= 11 is 0. The van der Waals surface area contributed by atoms with E-state index in [1.54, 1.807) is 41.3 Å². The van der Waals surface area contributed by atoms with Crippen LogP contribution in [0.4, 0.5) is 0 Å². The Hall–Kier alpha value is -2.31. The topological polar surface area (TPSA) is 104 Å². The number of benzene rings is 2. The van der Waals surface area contributed by atoms with Crippen LogP contribution in [0.5, 0.6) is 0 Å². The monoisotopic (exact) mass is 549 g/mol. The number of nitrogens with zero attached hydrogens (tertiary/aromatic N) is 3. The number of piperazine rings is 1. The van der Waals surface area contributed by atoms with Gasteiger partial charge in [0.2, 0.25) is 26.0 Å². The summed E-state index contributed by atoms with van der Waals surface area (Å²) in [6.07, 6.45) is 0.760. The first-order valence-corrected chi connectivity index (χ1v) is 15.5. The van der Waals surface area contributed by atoms with Crippen LogP contribution < -0.4 is 0 Å². The Balaban J connectivity index is 1.28. The molecule has 2 saturated heterocycles. The van der Waals surface area contributed by atoms with E-state index in [1.807, 2.05) is 12.1 Å². The lowest BCUT2D eigenvalue weighted by Crippen LogP contribution is -2.50. The third kappa shape index (κ3) is 6.40. The molecular weight excluding hydrogens is 514 g/mol. The van der Waals surface area contributed by atoms with Crippen molar-refractivity contribution < 1.29 is 26.4 Å². The van der Waals surface area contributed by atoms with Crippen LogP contribution >= 0.6 is 0 Å². The number of carbonyl (C=O) groups excluding carboxylic acids is 1. The maximum absolute atomic E-state index is 13.0. The van der Waals surface area contributed by atoms with Crippen molar-refractivity contribution in [2.45, 2.75) is 42.4 Å². The van der Waals surface area contributed by atoms with Crippen LogP contribution in [0.2, 0.25) is 0 Å². The van der Waals surface area contributed by atoms with Gasteiger partial charge in [-0.15, -0.1) is 0 Å².